The summed E-state index contributed by atoms with van der Waals surface area (Å²) in [6.07, 6.45) is 0.0414. The second kappa shape index (κ2) is 7.41. The molecule has 4 nitrogen and oxygen atoms in total. The van der Waals surface area contributed by atoms with E-state index >= 15 is 0 Å². The van der Waals surface area contributed by atoms with Crippen molar-refractivity contribution in [1.82, 2.24) is 0 Å². The highest BCUT2D eigenvalue weighted by atomic mass is 16.5. The largest absolute Gasteiger partial charge is 0.469 e. The monoisotopic (exact) mass is 298 g/mol. The Morgan fingerprint density at radius 3 is 2.36 bits per heavy atom. The van der Waals surface area contributed by atoms with Crippen LogP contribution in [-0.2, 0) is 20.7 Å². The topological polar surface area (TPSA) is 52.6 Å². The average molecular weight is 298 g/mol. The summed E-state index contributed by atoms with van der Waals surface area (Å²) >= 11 is 0. The van der Waals surface area contributed by atoms with Crippen molar-refractivity contribution in [2.75, 3.05) is 13.7 Å². The van der Waals surface area contributed by atoms with Gasteiger partial charge >= 0.3 is 11.9 Å². The fourth-order valence-electron chi connectivity index (χ4n) is 2.17. The predicted octanol–water partition coefficient (Wildman–Crippen LogP) is 3.25. The molecule has 0 saturated heterocycles. The minimum atomic E-state index is -0.431. The van der Waals surface area contributed by atoms with E-state index in [0.29, 0.717) is 11.1 Å². The fourth-order valence-corrected chi connectivity index (χ4v) is 2.17. The van der Waals surface area contributed by atoms with Crippen LogP contribution in [-0.4, -0.2) is 25.7 Å². The van der Waals surface area contributed by atoms with E-state index in [-0.39, 0.29) is 13.0 Å². The zero-order chi connectivity index (χ0) is 15.9. The number of carbonyl (C=O) groups excluding carboxylic acids is 2. The molecule has 2 aromatic rings. The van der Waals surface area contributed by atoms with Gasteiger partial charge in [0, 0.05) is 0 Å². The summed E-state index contributed by atoms with van der Waals surface area (Å²) in [7, 11) is 1.32. The highest BCUT2D eigenvalue weighted by Gasteiger charge is 2.16. The lowest BCUT2D eigenvalue weighted by Gasteiger charge is -2.11. The number of methoxy groups -OCH3 is 1. The van der Waals surface area contributed by atoms with Gasteiger partial charge in [0.2, 0.25) is 0 Å². The van der Waals surface area contributed by atoms with Gasteiger partial charge in [0.25, 0.3) is 0 Å². The lowest BCUT2D eigenvalue weighted by atomic mass is 9.97. The smallest absolute Gasteiger partial charge is 0.338 e. The minimum Gasteiger partial charge on any atom is -0.469 e. The molecule has 2 aromatic carbocycles. The van der Waals surface area contributed by atoms with Crippen molar-refractivity contribution in [3.8, 4) is 11.1 Å². The Kier molecular flexibility index (Phi) is 5.31. The number of rotatable bonds is 5. The third-order valence-electron chi connectivity index (χ3n) is 3.27. The van der Waals surface area contributed by atoms with E-state index in [9.17, 15) is 9.59 Å². The van der Waals surface area contributed by atoms with Gasteiger partial charge in [-0.15, -0.1) is 0 Å². The molecule has 0 aliphatic carbocycles. The normalized spacial score (nSPS) is 10.1. The molecule has 0 N–H and O–H groups in total. The van der Waals surface area contributed by atoms with Gasteiger partial charge in [-0.1, -0.05) is 42.5 Å². The molecule has 22 heavy (non-hydrogen) atoms. The van der Waals surface area contributed by atoms with E-state index in [1.54, 1.807) is 19.1 Å². The first-order valence-corrected chi connectivity index (χ1v) is 7.08. The van der Waals surface area contributed by atoms with Crippen LogP contribution in [0.25, 0.3) is 11.1 Å². The highest BCUT2D eigenvalue weighted by molar-refractivity contribution is 5.94. The molecule has 0 saturated carbocycles. The molecule has 0 unspecified atom stereocenters. The van der Waals surface area contributed by atoms with E-state index in [4.69, 9.17) is 4.74 Å². The first kappa shape index (κ1) is 15.8. The molecule has 0 heterocycles. The second-order valence-electron chi connectivity index (χ2n) is 4.71. The Hall–Kier alpha value is -2.62. The van der Waals surface area contributed by atoms with Crippen LogP contribution in [0.15, 0.2) is 48.5 Å². The standard InChI is InChI=1S/C18H18O4/c1-3-22-18(20)16-11-14(13-7-5-4-6-8-13)9-10-15(16)12-17(19)21-2/h4-11H,3,12H2,1-2H3. The summed E-state index contributed by atoms with van der Waals surface area (Å²) in [4.78, 5) is 23.6. The Labute approximate surface area is 129 Å². The van der Waals surface area contributed by atoms with E-state index < -0.39 is 11.9 Å². The Bertz CT molecular complexity index is 662. The SMILES string of the molecule is CCOC(=O)c1cc(-c2ccccc2)ccc1CC(=O)OC. The number of hydrogen-bond acceptors (Lipinski definition) is 4. The molecule has 0 radical (unpaired) electrons. The summed E-state index contributed by atoms with van der Waals surface area (Å²) in [6.45, 7) is 2.03. The van der Waals surface area contributed by atoms with Gasteiger partial charge in [-0.25, -0.2) is 4.79 Å². The maximum absolute atomic E-state index is 12.1. The van der Waals surface area contributed by atoms with Crippen molar-refractivity contribution in [3.63, 3.8) is 0 Å². The second-order valence-corrected chi connectivity index (χ2v) is 4.71. The Morgan fingerprint density at radius 1 is 1.00 bits per heavy atom. The van der Waals surface area contributed by atoms with Crippen molar-refractivity contribution in [2.45, 2.75) is 13.3 Å². The van der Waals surface area contributed by atoms with Gasteiger partial charge in [-0.3, -0.25) is 4.79 Å². The lowest BCUT2D eigenvalue weighted by Crippen LogP contribution is -2.12. The first-order valence-electron chi connectivity index (χ1n) is 7.08. The van der Waals surface area contributed by atoms with Crippen LogP contribution in [0.2, 0.25) is 0 Å². The van der Waals surface area contributed by atoms with Crippen LogP contribution in [0.4, 0.5) is 0 Å². The summed E-state index contributed by atoms with van der Waals surface area (Å²) in [5.74, 6) is -0.822. The third-order valence-corrected chi connectivity index (χ3v) is 3.27. The van der Waals surface area contributed by atoms with Crippen LogP contribution < -0.4 is 0 Å². The quantitative estimate of drug-likeness (QED) is 0.795. The molecule has 2 rings (SSSR count). The van der Waals surface area contributed by atoms with Crippen molar-refractivity contribution >= 4 is 11.9 Å². The van der Waals surface area contributed by atoms with Crippen LogP contribution in [0.3, 0.4) is 0 Å². The molecule has 0 aliphatic heterocycles. The summed E-state index contributed by atoms with van der Waals surface area (Å²) in [5, 5.41) is 0. The van der Waals surface area contributed by atoms with Crippen LogP contribution in [0, 0.1) is 0 Å². The number of hydrogen-bond donors (Lipinski definition) is 0. The zero-order valence-corrected chi connectivity index (χ0v) is 12.7. The molecule has 0 aromatic heterocycles. The summed E-state index contributed by atoms with van der Waals surface area (Å²) in [6, 6.07) is 15.1. The van der Waals surface area contributed by atoms with Gasteiger partial charge in [0.05, 0.1) is 25.7 Å². The Balaban J connectivity index is 2.43. The van der Waals surface area contributed by atoms with Crippen LogP contribution in [0.5, 0.6) is 0 Å². The van der Waals surface area contributed by atoms with Crippen molar-refractivity contribution in [2.24, 2.45) is 0 Å². The van der Waals surface area contributed by atoms with Gasteiger partial charge in [0.15, 0.2) is 0 Å². The first-order chi connectivity index (χ1) is 10.7. The molecule has 0 spiro atoms. The summed E-state index contributed by atoms with van der Waals surface area (Å²) in [5.41, 5.74) is 2.90. The maximum atomic E-state index is 12.1. The van der Waals surface area contributed by atoms with Gasteiger partial charge < -0.3 is 9.47 Å². The molecule has 0 atom stereocenters. The molecule has 114 valence electrons. The highest BCUT2D eigenvalue weighted by Crippen LogP contribution is 2.23. The zero-order valence-electron chi connectivity index (χ0n) is 12.7. The van der Waals surface area contributed by atoms with Crippen LogP contribution in [0.1, 0.15) is 22.8 Å². The number of benzene rings is 2. The number of ether oxygens (including phenoxy) is 2. The summed E-state index contributed by atoms with van der Waals surface area (Å²) < 4.78 is 9.76. The molecular formula is C18H18O4. The van der Waals surface area contributed by atoms with Crippen molar-refractivity contribution in [3.05, 3.63) is 59.7 Å². The van der Waals surface area contributed by atoms with Crippen LogP contribution >= 0.6 is 0 Å². The minimum absolute atomic E-state index is 0.0414. The third kappa shape index (κ3) is 3.73. The van der Waals surface area contributed by atoms with E-state index in [2.05, 4.69) is 4.74 Å². The average Bonchev–Trinajstić information content (AvgIpc) is 2.56. The molecular weight excluding hydrogens is 280 g/mol. The molecule has 4 heteroatoms. The van der Waals surface area contributed by atoms with E-state index in [1.807, 2.05) is 36.4 Å². The van der Waals surface area contributed by atoms with Gasteiger partial charge in [0.1, 0.15) is 0 Å². The van der Waals surface area contributed by atoms with Gasteiger partial charge in [-0.2, -0.15) is 0 Å². The predicted molar refractivity (Wildman–Crippen MR) is 83.6 cm³/mol. The number of carbonyl (C=O) groups is 2. The Morgan fingerprint density at radius 2 is 1.73 bits per heavy atom. The van der Waals surface area contributed by atoms with Crippen molar-refractivity contribution < 1.29 is 19.1 Å². The maximum Gasteiger partial charge on any atom is 0.338 e. The van der Waals surface area contributed by atoms with Gasteiger partial charge in [-0.05, 0) is 29.7 Å². The number of esters is 2. The molecule has 0 aliphatic rings. The molecule has 0 amide bonds. The molecule has 0 bridgehead atoms. The fraction of sp³-hybridized carbons (Fsp3) is 0.222. The van der Waals surface area contributed by atoms with E-state index in [1.165, 1.54) is 7.11 Å². The lowest BCUT2D eigenvalue weighted by molar-refractivity contribution is -0.139. The van der Waals surface area contributed by atoms with E-state index in [0.717, 1.165) is 11.1 Å². The van der Waals surface area contributed by atoms with Crippen molar-refractivity contribution in [1.29, 1.82) is 0 Å². The molecule has 0 fully saturated rings.